The van der Waals surface area contributed by atoms with Gasteiger partial charge in [-0.05, 0) is 24.3 Å². The number of nitrogens with zero attached hydrogens (tertiary/aromatic N) is 2. The third-order valence-corrected chi connectivity index (χ3v) is 6.08. The molecule has 0 radical (unpaired) electrons. The van der Waals surface area contributed by atoms with Crippen LogP contribution in [0.4, 0.5) is 11.4 Å². The quantitative estimate of drug-likeness (QED) is 0.362. The molecule has 0 unspecified atom stereocenters. The first-order valence-corrected chi connectivity index (χ1v) is 9.68. The summed E-state index contributed by atoms with van der Waals surface area (Å²) in [5.41, 5.74) is -0.642. The van der Waals surface area contributed by atoms with Gasteiger partial charge in [-0.3, -0.25) is 19.2 Å². The number of nitro benzene ring substituents is 1. The number of anilines is 1. The van der Waals surface area contributed by atoms with Gasteiger partial charge in [0.1, 0.15) is 22.9 Å². The third-order valence-electron chi connectivity index (χ3n) is 3.60. The first kappa shape index (κ1) is 21.7. The van der Waals surface area contributed by atoms with Crippen LogP contribution in [0.2, 0.25) is 10.0 Å². The molecule has 28 heavy (non-hydrogen) atoms. The largest absolute Gasteiger partial charge is 0.495 e. The second kappa shape index (κ2) is 8.63. The average molecular weight is 449 g/mol. The van der Waals surface area contributed by atoms with Crippen molar-refractivity contribution in [1.29, 1.82) is 0 Å². The van der Waals surface area contributed by atoms with Crippen LogP contribution in [-0.4, -0.2) is 40.1 Å². The number of hydrogen-bond acceptors (Lipinski definition) is 7. The number of carbonyl (C=O) groups is 1. The standard InChI is InChI=1S/C16H14Cl2N2O7S/c1-26-14-6-4-11(20(22)23)8-13(14)19(9-16(21)27-2)28(24,25)15-7-10(17)3-5-12(15)18/h3-8H,9H2,1-2H3. The Hall–Kier alpha value is -2.56. The van der Waals surface area contributed by atoms with E-state index < -0.39 is 33.1 Å². The van der Waals surface area contributed by atoms with Gasteiger partial charge in [-0.2, -0.15) is 0 Å². The van der Waals surface area contributed by atoms with Crippen molar-refractivity contribution in [2.24, 2.45) is 0 Å². The number of hydrogen-bond donors (Lipinski definition) is 0. The number of nitro groups is 1. The maximum absolute atomic E-state index is 13.3. The van der Waals surface area contributed by atoms with E-state index in [-0.39, 0.29) is 26.4 Å². The molecule has 0 aliphatic carbocycles. The van der Waals surface area contributed by atoms with Crippen molar-refractivity contribution in [1.82, 2.24) is 0 Å². The fourth-order valence-electron chi connectivity index (χ4n) is 2.26. The van der Waals surface area contributed by atoms with Gasteiger partial charge in [0.15, 0.2) is 0 Å². The van der Waals surface area contributed by atoms with Crippen LogP contribution in [0.3, 0.4) is 0 Å². The summed E-state index contributed by atoms with van der Waals surface area (Å²) in [5, 5.41) is 11.1. The summed E-state index contributed by atoms with van der Waals surface area (Å²) in [6, 6.07) is 7.09. The first-order valence-electron chi connectivity index (χ1n) is 7.49. The van der Waals surface area contributed by atoms with Crippen molar-refractivity contribution >= 4 is 50.6 Å². The maximum Gasteiger partial charge on any atom is 0.326 e. The van der Waals surface area contributed by atoms with Crippen LogP contribution >= 0.6 is 23.2 Å². The van der Waals surface area contributed by atoms with Crippen LogP contribution in [0.5, 0.6) is 5.75 Å². The minimum atomic E-state index is -4.47. The van der Waals surface area contributed by atoms with Crippen molar-refractivity contribution in [2.75, 3.05) is 25.1 Å². The Balaban J connectivity index is 2.76. The normalized spacial score (nSPS) is 11.0. The van der Waals surface area contributed by atoms with Crippen molar-refractivity contribution in [2.45, 2.75) is 4.90 Å². The highest BCUT2D eigenvalue weighted by Gasteiger charge is 2.32. The molecule has 0 aromatic heterocycles. The van der Waals surface area contributed by atoms with Crippen molar-refractivity contribution < 1.29 is 27.6 Å². The van der Waals surface area contributed by atoms with Crippen molar-refractivity contribution in [3.63, 3.8) is 0 Å². The molecule has 0 spiro atoms. The number of carbonyl (C=O) groups excluding carboxylic acids is 1. The number of halogens is 2. The lowest BCUT2D eigenvalue weighted by atomic mass is 10.2. The molecular weight excluding hydrogens is 435 g/mol. The Morgan fingerprint density at radius 1 is 1.18 bits per heavy atom. The second-order valence-electron chi connectivity index (χ2n) is 5.28. The molecule has 0 saturated heterocycles. The lowest BCUT2D eigenvalue weighted by Crippen LogP contribution is -2.36. The van der Waals surface area contributed by atoms with E-state index in [4.69, 9.17) is 27.9 Å². The summed E-state index contributed by atoms with van der Waals surface area (Å²) < 4.78 is 36.8. The minimum Gasteiger partial charge on any atom is -0.495 e. The molecule has 2 aromatic carbocycles. The van der Waals surface area contributed by atoms with E-state index in [9.17, 15) is 23.3 Å². The molecule has 0 fully saturated rings. The summed E-state index contributed by atoms with van der Waals surface area (Å²) in [5.74, 6) is -0.925. The zero-order valence-corrected chi connectivity index (χ0v) is 16.9. The van der Waals surface area contributed by atoms with Gasteiger partial charge in [0.25, 0.3) is 15.7 Å². The van der Waals surface area contributed by atoms with Crippen LogP contribution in [0.15, 0.2) is 41.3 Å². The van der Waals surface area contributed by atoms with Gasteiger partial charge < -0.3 is 9.47 Å². The zero-order valence-electron chi connectivity index (χ0n) is 14.6. The van der Waals surface area contributed by atoms with Gasteiger partial charge in [0.2, 0.25) is 0 Å². The number of methoxy groups -OCH3 is 2. The fourth-order valence-corrected chi connectivity index (χ4v) is 4.41. The van der Waals surface area contributed by atoms with E-state index in [0.717, 1.165) is 25.3 Å². The molecular formula is C16H14Cl2N2O7S. The van der Waals surface area contributed by atoms with Crippen LogP contribution in [0.1, 0.15) is 0 Å². The zero-order chi connectivity index (χ0) is 21.1. The van der Waals surface area contributed by atoms with Gasteiger partial charge in [-0.25, -0.2) is 8.42 Å². The number of sulfonamides is 1. The number of ether oxygens (including phenoxy) is 2. The lowest BCUT2D eigenvalue weighted by Gasteiger charge is -2.25. The molecule has 2 aromatic rings. The van der Waals surface area contributed by atoms with E-state index in [0.29, 0.717) is 4.31 Å². The van der Waals surface area contributed by atoms with Gasteiger partial charge in [0, 0.05) is 17.2 Å². The maximum atomic E-state index is 13.3. The molecule has 0 atom stereocenters. The fraction of sp³-hybridized carbons (Fsp3) is 0.188. The van der Waals surface area contributed by atoms with E-state index >= 15 is 0 Å². The van der Waals surface area contributed by atoms with E-state index in [1.54, 1.807) is 0 Å². The van der Waals surface area contributed by atoms with E-state index in [1.807, 2.05) is 0 Å². The molecule has 0 heterocycles. The summed E-state index contributed by atoms with van der Waals surface area (Å²) >= 11 is 11.9. The number of benzene rings is 2. The predicted molar refractivity (Wildman–Crippen MR) is 103 cm³/mol. The monoisotopic (exact) mass is 448 g/mol. The molecule has 0 N–H and O–H groups in total. The minimum absolute atomic E-state index is 0.0174. The third kappa shape index (κ3) is 4.46. The molecule has 0 saturated carbocycles. The first-order chi connectivity index (χ1) is 13.1. The Bertz CT molecular complexity index is 1030. The Kier molecular flexibility index (Phi) is 6.70. The molecule has 0 aliphatic rings. The molecule has 0 amide bonds. The summed E-state index contributed by atoms with van der Waals surface area (Å²) in [7, 11) is -2.15. The van der Waals surface area contributed by atoms with Gasteiger partial charge in [-0.15, -0.1) is 0 Å². The highest BCUT2D eigenvalue weighted by atomic mass is 35.5. The highest BCUT2D eigenvalue weighted by Crippen LogP contribution is 2.37. The van der Waals surface area contributed by atoms with Crippen LogP contribution < -0.4 is 9.04 Å². The summed E-state index contributed by atoms with van der Waals surface area (Å²) in [6.45, 7) is -0.779. The van der Waals surface area contributed by atoms with E-state index in [2.05, 4.69) is 4.74 Å². The molecule has 150 valence electrons. The average Bonchev–Trinajstić information content (AvgIpc) is 2.66. The van der Waals surface area contributed by atoms with Crippen molar-refractivity contribution in [3.05, 3.63) is 56.6 Å². The lowest BCUT2D eigenvalue weighted by molar-refractivity contribution is -0.384. The molecule has 9 nitrogen and oxygen atoms in total. The number of esters is 1. The number of non-ortho nitro benzene ring substituents is 1. The highest BCUT2D eigenvalue weighted by molar-refractivity contribution is 7.93. The topological polar surface area (TPSA) is 116 Å². The molecule has 12 heteroatoms. The molecule has 0 bridgehead atoms. The summed E-state index contributed by atoms with van der Waals surface area (Å²) in [6.07, 6.45) is 0. The second-order valence-corrected chi connectivity index (χ2v) is 7.95. The smallest absolute Gasteiger partial charge is 0.326 e. The Morgan fingerprint density at radius 3 is 2.43 bits per heavy atom. The van der Waals surface area contributed by atoms with Crippen LogP contribution in [-0.2, 0) is 19.6 Å². The Morgan fingerprint density at radius 2 is 1.86 bits per heavy atom. The van der Waals surface area contributed by atoms with Crippen LogP contribution in [0, 0.1) is 10.1 Å². The van der Waals surface area contributed by atoms with E-state index in [1.165, 1.54) is 25.3 Å². The molecule has 2 rings (SSSR count). The van der Waals surface area contributed by atoms with Crippen LogP contribution in [0.25, 0.3) is 0 Å². The van der Waals surface area contributed by atoms with Gasteiger partial charge in [0.05, 0.1) is 24.2 Å². The number of rotatable bonds is 7. The Labute approximate surface area is 170 Å². The SMILES string of the molecule is COC(=O)CN(c1cc([N+](=O)[O-])ccc1OC)S(=O)(=O)c1cc(Cl)ccc1Cl. The van der Waals surface area contributed by atoms with Gasteiger partial charge >= 0.3 is 5.97 Å². The summed E-state index contributed by atoms with van der Waals surface area (Å²) in [4.78, 5) is 21.9. The van der Waals surface area contributed by atoms with Gasteiger partial charge in [-0.1, -0.05) is 23.2 Å². The predicted octanol–water partition coefficient (Wildman–Crippen LogP) is 3.28. The molecule has 0 aliphatic heterocycles. The van der Waals surface area contributed by atoms with Crippen molar-refractivity contribution in [3.8, 4) is 5.75 Å².